The van der Waals surface area contributed by atoms with Gasteiger partial charge in [-0.25, -0.2) is 0 Å². The molecule has 0 atom stereocenters. The Morgan fingerprint density at radius 1 is 1.80 bits per heavy atom. The molecule has 1 heterocycles. The molecule has 2 heteroatoms. The molecule has 10 heavy (non-hydrogen) atoms. The maximum Gasteiger partial charge on any atom is 0.0820 e. The molecular weight excluding hydrogens is 124 g/mol. The summed E-state index contributed by atoms with van der Waals surface area (Å²) in [6.45, 7) is 4.15. The molecule has 1 aliphatic heterocycles. The van der Waals surface area contributed by atoms with Crippen LogP contribution in [0.25, 0.3) is 0 Å². The molecule has 1 N–H and O–H groups in total. The van der Waals surface area contributed by atoms with Crippen LogP contribution in [0.1, 0.15) is 19.8 Å². The van der Waals surface area contributed by atoms with Crippen LogP contribution in [0.3, 0.4) is 0 Å². The Bertz CT molecular complexity index is 149. The predicted octanol–water partition coefficient (Wildman–Crippen LogP) is 1.64. The quantitative estimate of drug-likeness (QED) is 0.350. The van der Waals surface area contributed by atoms with E-state index in [1.54, 1.807) is 0 Å². The first-order valence-corrected chi connectivity index (χ1v) is 3.79. The van der Waals surface area contributed by atoms with E-state index in [0.29, 0.717) is 0 Å². The van der Waals surface area contributed by atoms with Gasteiger partial charge in [0.2, 0.25) is 0 Å². The van der Waals surface area contributed by atoms with Crippen LogP contribution >= 0.6 is 0 Å². The summed E-state index contributed by atoms with van der Waals surface area (Å²) in [4.78, 5) is 2.01. The summed E-state index contributed by atoms with van der Waals surface area (Å²) in [6.07, 6.45) is 5.97. The van der Waals surface area contributed by atoms with Crippen LogP contribution in [0.2, 0.25) is 0 Å². The first-order valence-electron chi connectivity index (χ1n) is 3.79. The molecule has 0 aromatic heterocycles. The number of nitrogens with zero attached hydrogens (tertiary/aromatic N) is 1. The van der Waals surface area contributed by atoms with Gasteiger partial charge in [-0.2, -0.15) is 0 Å². The van der Waals surface area contributed by atoms with Crippen LogP contribution in [0.15, 0.2) is 11.6 Å². The summed E-state index contributed by atoms with van der Waals surface area (Å²) in [5.41, 5.74) is 1.54. The SMILES string of the molecule is CCC1=CCN(C=N)CC1. The van der Waals surface area contributed by atoms with Gasteiger partial charge < -0.3 is 4.90 Å². The number of hydrogen-bond donors (Lipinski definition) is 1. The summed E-state index contributed by atoms with van der Waals surface area (Å²) in [5, 5.41) is 6.99. The van der Waals surface area contributed by atoms with Crippen molar-refractivity contribution in [1.82, 2.24) is 4.90 Å². The van der Waals surface area contributed by atoms with Crippen molar-refractivity contribution in [2.45, 2.75) is 19.8 Å². The van der Waals surface area contributed by atoms with E-state index in [9.17, 15) is 0 Å². The smallest absolute Gasteiger partial charge is 0.0820 e. The highest BCUT2D eigenvalue weighted by atomic mass is 15.1. The molecule has 0 spiro atoms. The summed E-state index contributed by atoms with van der Waals surface area (Å²) in [5.74, 6) is 0. The summed E-state index contributed by atoms with van der Waals surface area (Å²) < 4.78 is 0. The van der Waals surface area contributed by atoms with Gasteiger partial charge in [0.05, 0.1) is 6.34 Å². The Balaban J connectivity index is 2.43. The average Bonchev–Trinajstić information content (AvgIpc) is 2.05. The molecular formula is C8H14N2. The molecule has 1 aliphatic rings. The lowest BCUT2D eigenvalue weighted by atomic mass is 10.1. The van der Waals surface area contributed by atoms with Gasteiger partial charge in [0.1, 0.15) is 0 Å². The third-order valence-electron chi connectivity index (χ3n) is 1.97. The molecule has 56 valence electrons. The Hall–Kier alpha value is -0.790. The van der Waals surface area contributed by atoms with Gasteiger partial charge in [-0.1, -0.05) is 18.6 Å². The number of hydrogen-bond acceptors (Lipinski definition) is 1. The zero-order chi connectivity index (χ0) is 7.40. The second-order valence-electron chi connectivity index (χ2n) is 2.59. The number of rotatable bonds is 2. The van der Waals surface area contributed by atoms with Crippen molar-refractivity contribution in [3.63, 3.8) is 0 Å². The fourth-order valence-corrected chi connectivity index (χ4v) is 1.17. The van der Waals surface area contributed by atoms with Gasteiger partial charge in [0.25, 0.3) is 0 Å². The molecule has 0 saturated heterocycles. The van der Waals surface area contributed by atoms with E-state index in [-0.39, 0.29) is 0 Å². The molecule has 0 bridgehead atoms. The Labute approximate surface area is 62.0 Å². The molecule has 0 fully saturated rings. The van der Waals surface area contributed by atoms with Crippen molar-refractivity contribution in [2.24, 2.45) is 0 Å². The zero-order valence-corrected chi connectivity index (χ0v) is 6.43. The summed E-state index contributed by atoms with van der Waals surface area (Å²) in [6, 6.07) is 0. The maximum atomic E-state index is 6.99. The molecule has 0 saturated carbocycles. The largest absolute Gasteiger partial charge is 0.359 e. The Kier molecular flexibility index (Phi) is 2.49. The highest BCUT2D eigenvalue weighted by molar-refractivity contribution is 5.51. The fraction of sp³-hybridized carbons (Fsp3) is 0.625. The van der Waals surface area contributed by atoms with E-state index in [4.69, 9.17) is 5.41 Å². The highest BCUT2D eigenvalue weighted by Gasteiger charge is 2.05. The van der Waals surface area contributed by atoms with Gasteiger partial charge in [-0.3, -0.25) is 5.41 Å². The van der Waals surface area contributed by atoms with E-state index in [0.717, 1.165) is 19.5 Å². The normalized spacial score (nSPS) is 18.5. The molecule has 0 aromatic rings. The average molecular weight is 138 g/mol. The van der Waals surface area contributed by atoms with Gasteiger partial charge in [0, 0.05) is 13.1 Å². The van der Waals surface area contributed by atoms with E-state index >= 15 is 0 Å². The fourth-order valence-electron chi connectivity index (χ4n) is 1.17. The first-order chi connectivity index (χ1) is 4.86. The molecule has 0 radical (unpaired) electrons. The van der Waals surface area contributed by atoms with Gasteiger partial charge >= 0.3 is 0 Å². The molecule has 2 nitrogen and oxygen atoms in total. The lowest BCUT2D eigenvalue weighted by Gasteiger charge is -2.22. The molecule has 0 aliphatic carbocycles. The van der Waals surface area contributed by atoms with Crippen molar-refractivity contribution in [3.8, 4) is 0 Å². The minimum atomic E-state index is 0.937. The van der Waals surface area contributed by atoms with E-state index < -0.39 is 0 Å². The summed E-state index contributed by atoms with van der Waals surface area (Å²) in [7, 11) is 0. The zero-order valence-electron chi connectivity index (χ0n) is 6.43. The van der Waals surface area contributed by atoms with Gasteiger partial charge in [-0.05, 0) is 12.8 Å². The van der Waals surface area contributed by atoms with E-state index in [1.165, 1.54) is 18.3 Å². The molecule has 1 rings (SSSR count). The molecule has 0 amide bonds. The van der Waals surface area contributed by atoms with Crippen LogP contribution in [-0.4, -0.2) is 24.3 Å². The van der Waals surface area contributed by atoms with Crippen molar-refractivity contribution < 1.29 is 0 Å². The highest BCUT2D eigenvalue weighted by Crippen LogP contribution is 2.11. The van der Waals surface area contributed by atoms with Crippen molar-refractivity contribution in [1.29, 1.82) is 5.41 Å². The standard InChI is InChI=1S/C8H14N2/c1-2-8-3-5-10(7-9)6-4-8/h3,7,9H,2,4-6H2,1H3. The predicted molar refractivity (Wildman–Crippen MR) is 43.3 cm³/mol. The van der Waals surface area contributed by atoms with Crippen LogP contribution in [0, 0.1) is 5.41 Å². The van der Waals surface area contributed by atoms with Gasteiger partial charge in [-0.15, -0.1) is 0 Å². The van der Waals surface area contributed by atoms with Crippen molar-refractivity contribution in [3.05, 3.63) is 11.6 Å². The Morgan fingerprint density at radius 3 is 3.00 bits per heavy atom. The van der Waals surface area contributed by atoms with E-state index in [1.807, 2.05) is 4.90 Å². The lowest BCUT2D eigenvalue weighted by molar-refractivity contribution is 0.452. The van der Waals surface area contributed by atoms with Crippen molar-refractivity contribution in [2.75, 3.05) is 13.1 Å². The van der Waals surface area contributed by atoms with Crippen LogP contribution in [-0.2, 0) is 0 Å². The third-order valence-corrected chi connectivity index (χ3v) is 1.97. The van der Waals surface area contributed by atoms with Crippen LogP contribution < -0.4 is 0 Å². The first kappa shape index (κ1) is 7.32. The van der Waals surface area contributed by atoms with Crippen LogP contribution in [0.4, 0.5) is 0 Å². The van der Waals surface area contributed by atoms with Gasteiger partial charge in [0.15, 0.2) is 0 Å². The minimum absolute atomic E-state index is 0.937. The van der Waals surface area contributed by atoms with Crippen molar-refractivity contribution >= 4 is 6.34 Å². The lowest BCUT2D eigenvalue weighted by Crippen LogP contribution is -2.26. The Morgan fingerprint density at radius 2 is 2.60 bits per heavy atom. The topological polar surface area (TPSA) is 27.1 Å². The number of nitrogens with one attached hydrogen (secondary N) is 1. The monoisotopic (exact) mass is 138 g/mol. The summed E-state index contributed by atoms with van der Waals surface area (Å²) >= 11 is 0. The molecule has 0 aromatic carbocycles. The third kappa shape index (κ3) is 1.59. The van der Waals surface area contributed by atoms with E-state index in [2.05, 4.69) is 13.0 Å². The second-order valence-corrected chi connectivity index (χ2v) is 2.59. The molecule has 0 unspecified atom stereocenters. The van der Waals surface area contributed by atoms with Crippen LogP contribution in [0.5, 0.6) is 0 Å². The second kappa shape index (κ2) is 3.40. The minimum Gasteiger partial charge on any atom is -0.359 e. The maximum absolute atomic E-state index is 6.99.